The summed E-state index contributed by atoms with van der Waals surface area (Å²) in [5, 5.41) is 9.38. The van der Waals surface area contributed by atoms with E-state index in [0.717, 1.165) is 0 Å². The minimum atomic E-state index is -4.40. The van der Waals surface area contributed by atoms with Crippen LogP contribution in [0.4, 0.5) is 13.2 Å². The van der Waals surface area contributed by atoms with E-state index < -0.39 is 28.9 Å². The van der Waals surface area contributed by atoms with Crippen LogP contribution in [-0.4, -0.2) is 73.8 Å². The highest BCUT2D eigenvalue weighted by atomic mass is 32.2. The van der Waals surface area contributed by atoms with E-state index in [1.54, 1.807) is 18.7 Å². The van der Waals surface area contributed by atoms with Gasteiger partial charge in [-0.3, -0.25) is 4.90 Å². The lowest BCUT2D eigenvalue weighted by Crippen LogP contribution is -2.54. The van der Waals surface area contributed by atoms with Crippen LogP contribution < -0.4 is 4.72 Å². The van der Waals surface area contributed by atoms with Gasteiger partial charge in [-0.2, -0.15) is 30.6 Å². The van der Waals surface area contributed by atoms with Gasteiger partial charge in [-0.15, -0.1) is 0 Å². The number of aliphatic hydroxyl groups is 1. The SMILES string of the molecule is CC(C)NS(=O)(=O)N1CCN(CC(O)CC(F)(F)F)CC1. The Bertz CT molecular complexity index is 420. The summed E-state index contributed by atoms with van der Waals surface area (Å²) in [5.41, 5.74) is 0. The zero-order chi connectivity index (χ0) is 16.3. The number of rotatable bonds is 6. The minimum absolute atomic E-state index is 0.106. The van der Waals surface area contributed by atoms with Crippen LogP contribution in [0.5, 0.6) is 0 Å². The quantitative estimate of drug-likeness (QED) is 0.726. The molecule has 0 bridgehead atoms. The molecular formula is C11H22F3N3O3S. The molecule has 1 fully saturated rings. The van der Waals surface area contributed by atoms with E-state index in [-0.39, 0.29) is 25.7 Å². The van der Waals surface area contributed by atoms with Crippen molar-refractivity contribution in [2.75, 3.05) is 32.7 Å². The van der Waals surface area contributed by atoms with Gasteiger partial charge in [0.1, 0.15) is 0 Å². The Morgan fingerprint density at radius 2 is 1.71 bits per heavy atom. The molecule has 1 aliphatic heterocycles. The molecule has 0 aromatic heterocycles. The summed E-state index contributed by atoms with van der Waals surface area (Å²) in [6.45, 7) is 4.30. The molecule has 1 atom stereocenters. The van der Waals surface area contributed by atoms with Gasteiger partial charge in [-0.1, -0.05) is 0 Å². The molecule has 2 N–H and O–H groups in total. The van der Waals surface area contributed by atoms with E-state index >= 15 is 0 Å². The highest BCUT2D eigenvalue weighted by Crippen LogP contribution is 2.22. The van der Waals surface area contributed by atoms with Gasteiger partial charge in [-0.25, -0.2) is 0 Å². The summed E-state index contributed by atoms with van der Waals surface area (Å²) in [5.74, 6) is 0. The van der Waals surface area contributed by atoms with Crippen molar-refractivity contribution in [3.8, 4) is 0 Å². The molecule has 10 heteroatoms. The van der Waals surface area contributed by atoms with Gasteiger partial charge in [0, 0.05) is 38.8 Å². The van der Waals surface area contributed by atoms with Gasteiger partial charge in [-0.05, 0) is 13.8 Å². The van der Waals surface area contributed by atoms with Crippen LogP contribution in [0.3, 0.4) is 0 Å². The molecule has 0 saturated carbocycles. The number of alkyl halides is 3. The topological polar surface area (TPSA) is 72.9 Å². The number of piperazine rings is 1. The maximum atomic E-state index is 12.1. The van der Waals surface area contributed by atoms with E-state index in [4.69, 9.17) is 0 Å². The van der Waals surface area contributed by atoms with Gasteiger partial charge in [0.25, 0.3) is 10.2 Å². The zero-order valence-electron chi connectivity index (χ0n) is 12.1. The predicted molar refractivity (Wildman–Crippen MR) is 71.9 cm³/mol. The fourth-order valence-corrected chi connectivity index (χ4v) is 3.54. The molecular weight excluding hydrogens is 311 g/mol. The van der Waals surface area contributed by atoms with Crippen LogP contribution in [0.2, 0.25) is 0 Å². The summed E-state index contributed by atoms with van der Waals surface area (Å²) in [6, 6.07) is -0.221. The highest BCUT2D eigenvalue weighted by molar-refractivity contribution is 7.87. The van der Waals surface area contributed by atoms with Crippen molar-refractivity contribution in [2.24, 2.45) is 0 Å². The Morgan fingerprint density at radius 1 is 1.19 bits per heavy atom. The van der Waals surface area contributed by atoms with Crippen molar-refractivity contribution in [1.29, 1.82) is 0 Å². The second-order valence-electron chi connectivity index (χ2n) is 5.45. The summed E-state index contributed by atoms with van der Waals surface area (Å²) in [4.78, 5) is 1.64. The third-order valence-electron chi connectivity index (χ3n) is 2.99. The van der Waals surface area contributed by atoms with Crippen molar-refractivity contribution in [3.63, 3.8) is 0 Å². The maximum Gasteiger partial charge on any atom is 0.391 e. The molecule has 21 heavy (non-hydrogen) atoms. The Hall–Kier alpha value is -0.420. The molecule has 0 radical (unpaired) electrons. The number of aliphatic hydroxyl groups excluding tert-OH is 1. The van der Waals surface area contributed by atoms with Crippen molar-refractivity contribution < 1.29 is 26.7 Å². The number of hydrogen-bond acceptors (Lipinski definition) is 4. The highest BCUT2D eigenvalue weighted by Gasteiger charge is 2.33. The molecule has 6 nitrogen and oxygen atoms in total. The first-order valence-corrected chi connectivity index (χ1v) is 8.18. The van der Waals surface area contributed by atoms with E-state index in [9.17, 15) is 26.7 Å². The summed E-state index contributed by atoms with van der Waals surface area (Å²) >= 11 is 0. The van der Waals surface area contributed by atoms with Gasteiger partial charge >= 0.3 is 6.18 Å². The number of nitrogens with one attached hydrogen (secondary N) is 1. The van der Waals surface area contributed by atoms with Crippen molar-refractivity contribution in [3.05, 3.63) is 0 Å². The van der Waals surface area contributed by atoms with Gasteiger partial charge in [0.15, 0.2) is 0 Å². The minimum Gasteiger partial charge on any atom is -0.391 e. The number of nitrogens with zero attached hydrogens (tertiary/aromatic N) is 2. The van der Waals surface area contributed by atoms with Gasteiger partial charge in [0.05, 0.1) is 12.5 Å². The Labute approximate surface area is 123 Å². The molecule has 0 aromatic rings. The third-order valence-corrected chi connectivity index (χ3v) is 4.81. The predicted octanol–water partition coefficient (Wildman–Crippen LogP) is 0.160. The first-order chi connectivity index (χ1) is 9.49. The molecule has 0 aliphatic carbocycles. The number of halogens is 3. The van der Waals surface area contributed by atoms with Crippen LogP contribution >= 0.6 is 0 Å². The fourth-order valence-electron chi connectivity index (χ4n) is 2.15. The van der Waals surface area contributed by atoms with Crippen LogP contribution in [0.1, 0.15) is 20.3 Å². The molecule has 1 saturated heterocycles. The second-order valence-corrected chi connectivity index (χ2v) is 7.15. The molecule has 0 aromatic carbocycles. The summed E-state index contributed by atoms with van der Waals surface area (Å²) in [7, 11) is -3.55. The molecule has 1 unspecified atom stereocenters. The van der Waals surface area contributed by atoms with Crippen LogP contribution in [0.25, 0.3) is 0 Å². The van der Waals surface area contributed by atoms with Gasteiger partial charge in [0.2, 0.25) is 0 Å². The van der Waals surface area contributed by atoms with Crippen LogP contribution in [0.15, 0.2) is 0 Å². The summed E-state index contributed by atoms with van der Waals surface area (Å²) in [6.07, 6.45) is -7.13. The Kier molecular flexibility index (Phi) is 6.41. The standard InChI is InChI=1S/C11H22F3N3O3S/c1-9(2)15-21(19,20)17-5-3-16(4-6-17)8-10(18)7-11(12,13)14/h9-10,15,18H,3-8H2,1-2H3. The largest absolute Gasteiger partial charge is 0.391 e. The summed E-state index contributed by atoms with van der Waals surface area (Å²) < 4.78 is 63.9. The van der Waals surface area contributed by atoms with E-state index in [0.29, 0.717) is 13.1 Å². The van der Waals surface area contributed by atoms with E-state index in [1.165, 1.54) is 4.31 Å². The second kappa shape index (κ2) is 7.23. The number of β-amino-alcohol motifs (C(OH)–C–C–N with tert-alkyl or cyclic N) is 1. The normalized spacial score (nSPS) is 20.9. The van der Waals surface area contributed by atoms with Crippen molar-refractivity contribution >= 4 is 10.2 Å². The molecule has 1 rings (SSSR count). The Morgan fingerprint density at radius 3 is 2.14 bits per heavy atom. The van der Waals surface area contributed by atoms with E-state index in [1.807, 2.05) is 0 Å². The molecule has 0 spiro atoms. The molecule has 1 heterocycles. The number of hydrogen-bond donors (Lipinski definition) is 2. The third kappa shape index (κ3) is 6.92. The smallest absolute Gasteiger partial charge is 0.391 e. The maximum absolute atomic E-state index is 12.1. The lowest BCUT2D eigenvalue weighted by molar-refractivity contribution is -0.155. The van der Waals surface area contributed by atoms with E-state index in [2.05, 4.69) is 4.72 Å². The van der Waals surface area contributed by atoms with Crippen molar-refractivity contribution in [2.45, 2.75) is 38.6 Å². The lowest BCUT2D eigenvalue weighted by atomic mass is 10.2. The van der Waals surface area contributed by atoms with Crippen LogP contribution in [-0.2, 0) is 10.2 Å². The lowest BCUT2D eigenvalue weighted by Gasteiger charge is -2.35. The fraction of sp³-hybridized carbons (Fsp3) is 1.00. The first kappa shape index (κ1) is 18.6. The average Bonchev–Trinajstić information content (AvgIpc) is 2.24. The van der Waals surface area contributed by atoms with Crippen molar-refractivity contribution in [1.82, 2.24) is 13.9 Å². The zero-order valence-corrected chi connectivity index (χ0v) is 12.9. The monoisotopic (exact) mass is 333 g/mol. The van der Waals surface area contributed by atoms with Crippen LogP contribution in [0, 0.1) is 0 Å². The molecule has 126 valence electrons. The average molecular weight is 333 g/mol. The van der Waals surface area contributed by atoms with Gasteiger partial charge < -0.3 is 5.11 Å². The first-order valence-electron chi connectivity index (χ1n) is 6.74. The molecule has 0 amide bonds. The molecule has 1 aliphatic rings. The Balaban J connectivity index is 2.42.